The maximum atomic E-state index is 2.65. The smallest absolute Gasteiger partial charge is 0.0293 e. The lowest BCUT2D eigenvalue weighted by molar-refractivity contribution is 0.305. The van der Waals surface area contributed by atoms with Crippen LogP contribution in [-0.2, 0) is 5.41 Å². The van der Waals surface area contributed by atoms with Crippen LogP contribution in [0.4, 0.5) is 0 Å². The molecule has 2 aliphatic heterocycles. The maximum Gasteiger partial charge on any atom is 0.0293 e. The van der Waals surface area contributed by atoms with Gasteiger partial charge in [-0.05, 0) is 31.7 Å². The first-order valence-corrected chi connectivity index (χ1v) is 6.76. The number of allylic oxidation sites excluding steroid dienone is 2. The predicted octanol–water partition coefficient (Wildman–Crippen LogP) is 3.72. The van der Waals surface area contributed by atoms with Crippen LogP contribution >= 0.6 is 0 Å². The normalized spacial score (nSPS) is 33.6. The van der Waals surface area contributed by atoms with Crippen LogP contribution in [0.25, 0.3) is 0 Å². The number of fused-ring (bicyclic) bond motifs is 2. The minimum Gasteiger partial charge on any atom is -0.371 e. The largest absolute Gasteiger partial charge is 0.371 e. The molecule has 1 nitrogen and oxygen atoms in total. The number of benzene rings is 1. The van der Waals surface area contributed by atoms with E-state index in [-0.39, 0.29) is 0 Å². The summed E-state index contributed by atoms with van der Waals surface area (Å²) in [5.41, 5.74) is 3.51. The Morgan fingerprint density at radius 1 is 1.35 bits per heavy atom. The lowest BCUT2D eigenvalue weighted by atomic mass is 9.75. The Kier molecular flexibility index (Phi) is 2.50. The molecule has 0 aromatic heterocycles. The van der Waals surface area contributed by atoms with Crippen molar-refractivity contribution in [2.75, 3.05) is 6.54 Å². The highest BCUT2D eigenvalue weighted by Gasteiger charge is 2.51. The maximum absolute atomic E-state index is 2.65. The van der Waals surface area contributed by atoms with Gasteiger partial charge in [0.1, 0.15) is 0 Å². The first kappa shape index (κ1) is 10.9. The number of hydrogen-bond acceptors (Lipinski definition) is 1. The lowest BCUT2D eigenvalue weighted by Crippen LogP contribution is -2.29. The molecular weight excluding hydrogens is 206 g/mol. The monoisotopic (exact) mass is 227 g/mol. The zero-order valence-electron chi connectivity index (χ0n) is 10.8. The summed E-state index contributed by atoms with van der Waals surface area (Å²) in [4.78, 5) is 2.65. The minimum absolute atomic E-state index is 0.407. The van der Waals surface area contributed by atoms with Crippen LogP contribution < -0.4 is 0 Å². The molecule has 2 aliphatic rings. The molecule has 90 valence electrons. The van der Waals surface area contributed by atoms with Crippen molar-refractivity contribution in [3.63, 3.8) is 0 Å². The van der Waals surface area contributed by atoms with Gasteiger partial charge in [0.25, 0.3) is 0 Å². The van der Waals surface area contributed by atoms with Crippen LogP contribution in [0.15, 0.2) is 42.1 Å². The summed E-state index contributed by atoms with van der Waals surface area (Å²) in [7, 11) is 0. The quantitative estimate of drug-likeness (QED) is 0.744. The fraction of sp³-hybridized carbons (Fsp3) is 0.500. The van der Waals surface area contributed by atoms with Crippen LogP contribution in [0.5, 0.6) is 0 Å². The van der Waals surface area contributed by atoms with Crippen LogP contribution in [0, 0.1) is 0 Å². The molecule has 0 radical (unpaired) electrons. The van der Waals surface area contributed by atoms with Crippen molar-refractivity contribution in [1.82, 2.24) is 4.90 Å². The van der Waals surface area contributed by atoms with E-state index in [2.05, 4.69) is 55.2 Å². The Labute approximate surface area is 104 Å². The topological polar surface area (TPSA) is 3.24 Å². The average Bonchev–Trinajstić information content (AvgIpc) is 2.95. The molecule has 0 amide bonds. The number of piperidine rings is 1. The summed E-state index contributed by atoms with van der Waals surface area (Å²) in [5.74, 6) is 0. The molecule has 1 aromatic carbocycles. The molecule has 2 atom stereocenters. The summed E-state index contributed by atoms with van der Waals surface area (Å²) in [6.07, 6.45) is 6.16. The molecule has 2 fully saturated rings. The zero-order chi connectivity index (χ0) is 11.9. The van der Waals surface area contributed by atoms with Gasteiger partial charge in [-0.25, -0.2) is 0 Å². The van der Waals surface area contributed by atoms with Crippen molar-refractivity contribution in [3.8, 4) is 0 Å². The van der Waals surface area contributed by atoms with Gasteiger partial charge in [0.2, 0.25) is 0 Å². The molecule has 1 aromatic rings. The Morgan fingerprint density at radius 2 is 2.12 bits per heavy atom. The van der Waals surface area contributed by atoms with Crippen molar-refractivity contribution in [2.24, 2.45) is 0 Å². The van der Waals surface area contributed by atoms with Crippen molar-refractivity contribution >= 4 is 0 Å². The number of hydrogen-bond donors (Lipinski definition) is 0. The van der Waals surface area contributed by atoms with Gasteiger partial charge in [0.15, 0.2) is 0 Å². The van der Waals surface area contributed by atoms with E-state index in [1.54, 1.807) is 5.70 Å². The summed E-state index contributed by atoms with van der Waals surface area (Å²) >= 11 is 0. The Balaban J connectivity index is 2.00. The minimum atomic E-state index is 0.407. The molecule has 2 bridgehead atoms. The molecule has 2 saturated heterocycles. The Morgan fingerprint density at radius 3 is 2.76 bits per heavy atom. The molecule has 3 rings (SSSR count). The lowest BCUT2D eigenvalue weighted by Gasteiger charge is -2.32. The van der Waals surface area contributed by atoms with E-state index >= 15 is 0 Å². The Hall–Kier alpha value is -1.24. The standard InChI is InChI=1S/C16H21N/c1-3-14-10-16(13-8-6-5-7-9-13)11-15(4-2)17(14)12-16/h3,5-9,15H,4,10-12H2,1-2H3/b14-3-/t15-,16+/m1/s1. The van der Waals surface area contributed by atoms with Crippen molar-refractivity contribution in [3.05, 3.63) is 47.7 Å². The first-order valence-electron chi connectivity index (χ1n) is 6.76. The van der Waals surface area contributed by atoms with Crippen LogP contribution in [0.2, 0.25) is 0 Å². The molecule has 0 N–H and O–H groups in total. The SMILES string of the molecule is C/C=C1/C[C@]2(c3ccccc3)C[C@@H](CC)N1C2. The summed E-state index contributed by atoms with van der Waals surface area (Å²) in [6.45, 7) is 5.73. The van der Waals surface area contributed by atoms with Gasteiger partial charge in [-0.1, -0.05) is 43.3 Å². The van der Waals surface area contributed by atoms with Crippen molar-refractivity contribution < 1.29 is 0 Å². The summed E-state index contributed by atoms with van der Waals surface area (Å²) in [6, 6.07) is 11.9. The first-order chi connectivity index (χ1) is 8.29. The third kappa shape index (κ3) is 1.52. The second-order valence-electron chi connectivity index (χ2n) is 5.50. The van der Waals surface area contributed by atoms with Gasteiger partial charge in [-0.3, -0.25) is 0 Å². The number of nitrogens with zero attached hydrogens (tertiary/aromatic N) is 1. The van der Waals surface area contributed by atoms with Crippen LogP contribution in [0.3, 0.4) is 0 Å². The highest BCUT2D eigenvalue weighted by Crippen LogP contribution is 2.51. The van der Waals surface area contributed by atoms with E-state index in [1.807, 2.05) is 0 Å². The van der Waals surface area contributed by atoms with E-state index in [9.17, 15) is 0 Å². The van der Waals surface area contributed by atoms with Crippen molar-refractivity contribution in [1.29, 1.82) is 0 Å². The van der Waals surface area contributed by atoms with E-state index in [0.29, 0.717) is 5.41 Å². The molecule has 1 heteroatoms. The van der Waals surface area contributed by atoms with Gasteiger partial charge in [-0.15, -0.1) is 0 Å². The highest BCUT2D eigenvalue weighted by molar-refractivity contribution is 5.36. The van der Waals surface area contributed by atoms with Gasteiger partial charge < -0.3 is 4.90 Å². The van der Waals surface area contributed by atoms with E-state index in [4.69, 9.17) is 0 Å². The highest BCUT2D eigenvalue weighted by atomic mass is 15.2. The molecule has 0 spiro atoms. The van der Waals surface area contributed by atoms with Crippen LogP contribution in [0.1, 0.15) is 38.7 Å². The molecular formula is C16H21N. The van der Waals surface area contributed by atoms with Crippen molar-refractivity contribution in [2.45, 2.75) is 44.6 Å². The third-order valence-electron chi connectivity index (χ3n) is 4.62. The Bertz CT molecular complexity index is 434. The third-order valence-corrected chi connectivity index (χ3v) is 4.62. The molecule has 17 heavy (non-hydrogen) atoms. The fourth-order valence-electron chi connectivity index (χ4n) is 3.73. The van der Waals surface area contributed by atoms with E-state index in [0.717, 1.165) is 6.04 Å². The van der Waals surface area contributed by atoms with Gasteiger partial charge in [-0.2, -0.15) is 0 Å². The second-order valence-corrected chi connectivity index (χ2v) is 5.50. The second kappa shape index (κ2) is 3.90. The van der Waals surface area contributed by atoms with E-state index < -0.39 is 0 Å². The molecule has 0 unspecified atom stereocenters. The average molecular weight is 227 g/mol. The fourth-order valence-corrected chi connectivity index (χ4v) is 3.73. The molecule has 0 saturated carbocycles. The molecule has 0 aliphatic carbocycles. The molecule has 2 heterocycles. The summed E-state index contributed by atoms with van der Waals surface area (Å²) < 4.78 is 0. The predicted molar refractivity (Wildman–Crippen MR) is 71.9 cm³/mol. The summed E-state index contributed by atoms with van der Waals surface area (Å²) in [5, 5.41) is 0. The van der Waals surface area contributed by atoms with Gasteiger partial charge in [0, 0.05) is 23.7 Å². The van der Waals surface area contributed by atoms with Gasteiger partial charge >= 0.3 is 0 Å². The number of rotatable bonds is 2. The van der Waals surface area contributed by atoms with Crippen LogP contribution in [-0.4, -0.2) is 17.5 Å². The zero-order valence-corrected chi connectivity index (χ0v) is 10.8. The van der Waals surface area contributed by atoms with E-state index in [1.165, 1.54) is 31.4 Å². The van der Waals surface area contributed by atoms with Gasteiger partial charge in [0.05, 0.1) is 0 Å².